The smallest absolute Gasteiger partial charge is 0.408 e. The van der Waals surface area contributed by atoms with Crippen molar-refractivity contribution in [3.63, 3.8) is 0 Å². The van der Waals surface area contributed by atoms with Gasteiger partial charge in [-0.1, -0.05) is 0 Å². The molecule has 1 aliphatic heterocycles. The highest BCUT2D eigenvalue weighted by atomic mass is 16.6. The number of alkyl carbamates (subject to hydrolysis) is 1. The lowest BCUT2D eigenvalue weighted by molar-refractivity contribution is 0.139. The largest absolute Gasteiger partial charge is 0.438 e. The zero-order valence-corrected chi connectivity index (χ0v) is 6.23. The molecule has 0 bridgehead atoms. The van der Waals surface area contributed by atoms with Crippen molar-refractivity contribution >= 4 is 6.09 Å². The number of hydrogen-bond acceptors (Lipinski definition) is 4. The maximum Gasteiger partial charge on any atom is 0.408 e. The number of nitrogens with zero attached hydrogens (tertiary/aromatic N) is 2. The molecule has 1 amide bonds. The van der Waals surface area contributed by atoms with Crippen molar-refractivity contribution in [1.82, 2.24) is 15.3 Å². The van der Waals surface area contributed by atoms with Crippen LogP contribution in [0, 0.1) is 0 Å². The highest BCUT2D eigenvalue weighted by Gasteiger charge is 2.24. The van der Waals surface area contributed by atoms with Gasteiger partial charge in [-0.15, -0.1) is 0 Å². The van der Waals surface area contributed by atoms with Gasteiger partial charge in [0, 0.05) is 6.20 Å². The number of nitrogens with one attached hydrogen (secondary N) is 1. The lowest BCUT2D eigenvalue weighted by Gasteiger charge is -2.04. The Morgan fingerprint density at radius 3 is 3.17 bits per heavy atom. The van der Waals surface area contributed by atoms with Crippen molar-refractivity contribution < 1.29 is 9.53 Å². The van der Waals surface area contributed by atoms with E-state index in [-0.39, 0.29) is 6.10 Å². The summed E-state index contributed by atoms with van der Waals surface area (Å²) in [5.41, 5.74) is 0.725. The van der Waals surface area contributed by atoms with Crippen LogP contribution in [0.1, 0.15) is 11.8 Å². The third-order valence-corrected chi connectivity index (χ3v) is 1.62. The van der Waals surface area contributed by atoms with Crippen LogP contribution in [-0.2, 0) is 4.74 Å². The molecule has 2 rings (SSSR count). The third kappa shape index (κ3) is 1.20. The van der Waals surface area contributed by atoms with Crippen molar-refractivity contribution in [2.24, 2.45) is 0 Å². The molecule has 1 aromatic heterocycles. The van der Waals surface area contributed by atoms with Crippen LogP contribution < -0.4 is 5.32 Å². The molecule has 0 spiro atoms. The molecule has 2 heterocycles. The number of carbonyl (C=O) groups excluding carboxylic acids is 1. The van der Waals surface area contributed by atoms with Crippen LogP contribution in [0.25, 0.3) is 0 Å². The Kier molecular flexibility index (Phi) is 1.62. The van der Waals surface area contributed by atoms with E-state index in [9.17, 15) is 4.79 Å². The second kappa shape index (κ2) is 2.77. The molecule has 0 radical (unpaired) electrons. The molecule has 5 nitrogen and oxygen atoms in total. The van der Waals surface area contributed by atoms with Crippen LogP contribution >= 0.6 is 0 Å². The quantitative estimate of drug-likeness (QED) is 0.648. The fraction of sp³-hybridized carbons (Fsp3) is 0.286. The monoisotopic (exact) mass is 165 g/mol. The second-order valence-electron chi connectivity index (χ2n) is 2.41. The van der Waals surface area contributed by atoms with E-state index in [1.165, 1.54) is 6.33 Å². The van der Waals surface area contributed by atoms with Crippen LogP contribution in [0.3, 0.4) is 0 Å². The third-order valence-electron chi connectivity index (χ3n) is 1.62. The Morgan fingerprint density at radius 1 is 1.67 bits per heavy atom. The zero-order chi connectivity index (χ0) is 8.39. The minimum absolute atomic E-state index is 0.263. The van der Waals surface area contributed by atoms with E-state index in [1.807, 2.05) is 0 Å². The Labute approximate surface area is 68.8 Å². The van der Waals surface area contributed by atoms with Gasteiger partial charge in [0.2, 0.25) is 0 Å². The molecule has 1 fully saturated rings. The van der Waals surface area contributed by atoms with Crippen molar-refractivity contribution in [2.45, 2.75) is 6.10 Å². The van der Waals surface area contributed by atoms with E-state index in [0.29, 0.717) is 6.54 Å². The molecule has 1 saturated heterocycles. The summed E-state index contributed by atoms with van der Waals surface area (Å²) in [7, 11) is 0. The van der Waals surface area contributed by atoms with Gasteiger partial charge in [-0.05, 0) is 6.07 Å². The first kappa shape index (κ1) is 7.02. The number of ether oxygens (including phenoxy) is 1. The van der Waals surface area contributed by atoms with E-state index >= 15 is 0 Å². The van der Waals surface area contributed by atoms with Gasteiger partial charge < -0.3 is 10.1 Å². The molecule has 62 valence electrons. The maximum absolute atomic E-state index is 10.7. The molecule has 1 aliphatic rings. The summed E-state index contributed by atoms with van der Waals surface area (Å²) in [5.74, 6) is 0. The Bertz CT molecular complexity index is 288. The van der Waals surface area contributed by atoms with Crippen LogP contribution in [0.4, 0.5) is 4.79 Å². The summed E-state index contributed by atoms with van der Waals surface area (Å²) in [4.78, 5) is 18.4. The Hall–Kier alpha value is -1.65. The summed E-state index contributed by atoms with van der Waals surface area (Å²) in [5, 5.41) is 2.55. The second-order valence-corrected chi connectivity index (χ2v) is 2.41. The predicted octanol–water partition coefficient (Wildman–Crippen LogP) is 0.257. The minimum atomic E-state index is -0.390. The van der Waals surface area contributed by atoms with E-state index in [2.05, 4.69) is 15.3 Å². The van der Waals surface area contributed by atoms with Crippen molar-refractivity contribution in [3.05, 3.63) is 24.3 Å². The molecule has 0 aromatic carbocycles. The summed E-state index contributed by atoms with van der Waals surface area (Å²) in [6, 6.07) is 1.73. The zero-order valence-electron chi connectivity index (χ0n) is 6.23. The van der Waals surface area contributed by atoms with Gasteiger partial charge in [0.05, 0.1) is 12.2 Å². The first-order valence-electron chi connectivity index (χ1n) is 3.56. The van der Waals surface area contributed by atoms with Crippen molar-refractivity contribution in [2.75, 3.05) is 6.54 Å². The Morgan fingerprint density at radius 2 is 2.58 bits per heavy atom. The number of cyclic esters (lactones) is 1. The van der Waals surface area contributed by atoms with Crippen LogP contribution in [-0.4, -0.2) is 22.6 Å². The molecule has 1 N–H and O–H groups in total. The highest BCUT2D eigenvalue weighted by molar-refractivity contribution is 5.69. The summed E-state index contributed by atoms with van der Waals surface area (Å²) in [6.45, 7) is 0.482. The minimum Gasteiger partial charge on any atom is -0.438 e. The number of rotatable bonds is 1. The molecule has 0 saturated carbocycles. The van der Waals surface area contributed by atoms with E-state index in [0.717, 1.165) is 5.69 Å². The average molecular weight is 165 g/mol. The first-order chi connectivity index (χ1) is 5.86. The first-order valence-corrected chi connectivity index (χ1v) is 3.56. The van der Waals surface area contributed by atoms with Gasteiger partial charge in [-0.3, -0.25) is 0 Å². The predicted molar refractivity (Wildman–Crippen MR) is 39.3 cm³/mol. The van der Waals surface area contributed by atoms with Gasteiger partial charge in [0.15, 0.2) is 6.10 Å². The summed E-state index contributed by atoms with van der Waals surface area (Å²) >= 11 is 0. The molecule has 1 aromatic rings. The van der Waals surface area contributed by atoms with Gasteiger partial charge >= 0.3 is 6.09 Å². The number of carbonyl (C=O) groups is 1. The van der Waals surface area contributed by atoms with E-state index in [1.54, 1.807) is 12.3 Å². The van der Waals surface area contributed by atoms with Gasteiger partial charge in [0.1, 0.15) is 6.33 Å². The Balaban J connectivity index is 2.16. The molecule has 1 atom stereocenters. The normalized spacial score (nSPS) is 21.7. The fourth-order valence-electron chi connectivity index (χ4n) is 1.04. The SMILES string of the molecule is O=C1NCC(c2ccncn2)O1. The van der Waals surface area contributed by atoms with E-state index in [4.69, 9.17) is 4.74 Å². The van der Waals surface area contributed by atoms with Crippen LogP contribution in [0.5, 0.6) is 0 Å². The average Bonchev–Trinajstić information content (AvgIpc) is 2.54. The lowest BCUT2D eigenvalue weighted by atomic mass is 10.2. The number of hydrogen-bond donors (Lipinski definition) is 1. The molecule has 12 heavy (non-hydrogen) atoms. The standard InChI is InChI=1S/C7H7N3O2/c11-7-9-3-6(12-7)5-1-2-8-4-10-5/h1-2,4,6H,3H2,(H,9,11). The molecular formula is C7H7N3O2. The lowest BCUT2D eigenvalue weighted by Crippen LogP contribution is -2.12. The molecular weight excluding hydrogens is 158 g/mol. The number of aromatic nitrogens is 2. The highest BCUT2D eigenvalue weighted by Crippen LogP contribution is 2.16. The van der Waals surface area contributed by atoms with Gasteiger partial charge in [0.25, 0.3) is 0 Å². The van der Waals surface area contributed by atoms with Gasteiger partial charge in [-0.25, -0.2) is 14.8 Å². The molecule has 5 heteroatoms. The summed E-state index contributed by atoms with van der Waals surface area (Å²) < 4.78 is 4.91. The fourth-order valence-corrected chi connectivity index (χ4v) is 1.04. The van der Waals surface area contributed by atoms with Gasteiger partial charge in [-0.2, -0.15) is 0 Å². The molecule has 1 unspecified atom stereocenters. The topological polar surface area (TPSA) is 64.1 Å². The van der Waals surface area contributed by atoms with Crippen LogP contribution in [0.15, 0.2) is 18.6 Å². The van der Waals surface area contributed by atoms with Crippen molar-refractivity contribution in [1.29, 1.82) is 0 Å². The van der Waals surface area contributed by atoms with Crippen molar-refractivity contribution in [3.8, 4) is 0 Å². The number of amides is 1. The molecule has 0 aliphatic carbocycles. The summed E-state index contributed by atoms with van der Waals surface area (Å²) in [6.07, 6.45) is 2.40. The maximum atomic E-state index is 10.7. The van der Waals surface area contributed by atoms with Crippen LogP contribution in [0.2, 0.25) is 0 Å². The van der Waals surface area contributed by atoms with E-state index < -0.39 is 6.09 Å².